The lowest BCUT2D eigenvalue weighted by atomic mass is 10.3. The number of amides is 1. The fraction of sp³-hybridized carbons (Fsp3) is 0.400. The van der Waals surface area contributed by atoms with E-state index in [1.165, 1.54) is 25.4 Å². The second kappa shape index (κ2) is 5.89. The summed E-state index contributed by atoms with van der Waals surface area (Å²) in [7, 11) is -0.545. The lowest BCUT2D eigenvalue weighted by Gasteiger charge is -2.15. The van der Waals surface area contributed by atoms with Crippen molar-refractivity contribution in [3.63, 3.8) is 0 Å². The SMILES string of the molecule is CCN(C)NC(=O)c1ccc(S(=O)(=O)NC)nc1. The third-order valence-corrected chi connectivity index (χ3v) is 3.64. The number of hydrogen-bond donors (Lipinski definition) is 2. The molecule has 2 N–H and O–H groups in total. The molecule has 0 unspecified atom stereocenters. The average molecular weight is 272 g/mol. The molecule has 0 radical (unpaired) electrons. The van der Waals surface area contributed by atoms with E-state index < -0.39 is 10.0 Å². The second-order valence-corrected chi connectivity index (χ2v) is 5.38. The van der Waals surface area contributed by atoms with E-state index in [0.717, 1.165) is 0 Å². The Labute approximate surface area is 106 Å². The van der Waals surface area contributed by atoms with Crippen LogP contribution in [0.25, 0.3) is 0 Å². The summed E-state index contributed by atoms with van der Waals surface area (Å²) in [5, 5.41) is 1.49. The maximum atomic E-state index is 11.7. The van der Waals surface area contributed by atoms with Crippen LogP contribution in [0.5, 0.6) is 0 Å². The number of aromatic nitrogens is 1. The molecule has 0 aliphatic carbocycles. The van der Waals surface area contributed by atoms with Crippen molar-refractivity contribution in [3.05, 3.63) is 23.9 Å². The van der Waals surface area contributed by atoms with Gasteiger partial charge in [0, 0.05) is 19.8 Å². The normalized spacial score (nSPS) is 11.6. The lowest BCUT2D eigenvalue weighted by Crippen LogP contribution is -2.39. The van der Waals surface area contributed by atoms with Gasteiger partial charge in [-0.25, -0.2) is 23.1 Å². The number of nitrogens with zero attached hydrogens (tertiary/aromatic N) is 2. The molecular formula is C10H16N4O3S. The van der Waals surface area contributed by atoms with E-state index >= 15 is 0 Å². The molecule has 1 amide bonds. The van der Waals surface area contributed by atoms with E-state index in [0.29, 0.717) is 12.1 Å². The van der Waals surface area contributed by atoms with Crippen LogP contribution in [0.1, 0.15) is 17.3 Å². The van der Waals surface area contributed by atoms with Crippen molar-refractivity contribution in [2.45, 2.75) is 11.9 Å². The Kier molecular flexibility index (Phi) is 4.76. The number of sulfonamides is 1. The Hall–Kier alpha value is -1.51. The summed E-state index contributed by atoms with van der Waals surface area (Å²) in [5.74, 6) is -0.333. The quantitative estimate of drug-likeness (QED) is 0.711. The molecule has 0 aromatic carbocycles. The summed E-state index contributed by atoms with van der Waals surface area (Å²) in [6.45, 7) is 2.55. The van der Waals surface area contributed by atoms with E-state index in [1.54, 1.807) is 12.1 Å². The zero-order valence-electron chi connectivity index (χ0n) is 10.5. The number of hydrogen-bond acceptors (Lipinski definition) is 5. The number of carbonyl (C=O) groups is 1. The molecule has 0 bridgehead atoms. The first-order valence-corrected chi connectivity index (χ1v) is 6.80. The predicted molar refractivity (Wildman–Crippen MR) is 66.3 cm³/mol. The van der Waals surface area contributed by atoms with Crippen LogP contribution in [0, 0.1) is 0 Å². The van der Waals surface area contributed by atoms with Crippen molar-refractivity contribution in [2.75, 3.05) is 20.6 Å². The molecule has 1 rings (SSSR count). The first kappa shape index (κ1) is 14.6. The van der Waals surface area contributed by atoms with Crippen molar-refractivity contribution in [1.82, 2.24) is 20.1 Å². The van der Waals surface area contributed by atoms with Crippen molar-refractivity contribution in [2.24, 2.45) is 0 Å². The van der Waals surface area contributed by atoms with Gasteiger partial charge in [0.05, 0.1) is 5.56 Å². The maximum absolute atomic E-state index is 11.7. The smallest absolute Gasteiger partial charge is 0.267 e. The van der Waals surface area contributed by atoms with Crippen LogP contribution >= 0.6 is 0 Å². The Morgan fingerprint density at radius 3 is 2.56 bits per heavy atom. The highest BCUT2D eigenvalue weighted by atomic mass is 32.2. The van der Waals surface area contributed by atoms with E-state index in [9.17, 15) is 13.2 Å². The largest absolute Gasteiger partial charge is 0.285 e. The zero-order chi connectivity index (χ0) is 13.8. The van der Waals surface area contributed by atoms with E-state index in [4.69, 9.17) is 0 Å². The van der Waals surface area contributed by atoms with Gasteiger partial charge >= 0.3 is 0 Å². The fourth-order valence-electron chi connectivity index (χ4n) is 1.10. The molecular weight excluding hydrogens is 256 g/mol. The molecule has 8 heteroatoms. The molecule has 1 aromatic heterocycles. The van der Waals surface area contributed by atoms with E-state index in [2.05, 4.69) is 15.1 Å². The molecule has 1 heterocycles. The molecule has 0 spiro atoms. The summed E-state index contributed by atoms with van der Waals surface area (Å²) in [5.41, 5.74) is 2.90. The van der Waals surface area contributed by atoms with Crippen LogP contribution in [0.2, 0.25) is 0 Å². The molecule has 1 aromatic rings. The molecule has 7 nitrogen and oxygen atoms in total. The lowest BCUT2D eigenvalue weighted by molar-refractivity contribution is 0.0834. The molecule has 100 valence electrons. The van der Waals surface area contributed by atoms with Gasteiger partial charge in [-0.3, -0.25) is 10.2 Å². The van der Waals surface area contributed by atoms with E-state index in [-0.39, 0.29) is 10.9 Å². The summed E-state index contributed by atoms with van der Waals surface area (Å²) in [6.07, 6.45) is 1.23. The number of pyridine rings is 1. The molecule has 0 atom stereocenters. The highest BCUT2D eigenvalue weighted by molar-refractivity contribution is 7.89. The van der Waals surface area contributed by atoms with Crippen LogP contribution < -0.4 is 10.1 Å². The molecule has 0 saturated heterocycles. The van der Waals surface area contributed by atoms with Gasteiger partial charge in [-0.2, -0.15) is 0 Å². The third kappa shape index (κ3) is 3.49. The number of nitrogens with one attached hydrogen (secondary N) is 2. The monoisotopic (exact) mass is 272 g/mol. The number of hydrazine groups is 1. The highest BCUT2D eigenvalue weighted by Crippen LogP contribution is 2.06. The molecule has 0 saturated carbocycles. The Morgan fingerprint density at radius 1 is 1.44 bits per heavy atom. The van der Waals surface area contributed by atoms with Gasteiger partial charge < -0.3 is 0 Å². The average Bonchev–Trinajstić information content (AvgIpc) is 2.38. The molecule has 0 fully saturated rings. The fourth-order valence-corrected chi connectivity index (χ4v) is 1.74. The van der Waals surface area contributed by atoms with Crippen LogP contribution in [0.4, 0.5) is 0 Å². The molecule has 0 aliphatic heterocycles. The first-order chi connectivity index (χ1) is 8.40. The summed E-state index contributed by atoms with van der Waals surface area (Å²) in [6, 6.07) is 2.70. The summed E-state index contributed by atoms with van der Waals surface area (Å²) < 4.78 is 25.0. The second-order valence-electron chi connectivity index (χ2n) is 3.55. The first-order valence-electron chi connectivity index (χ1n) is 5.32. The number of rotatable bonds is 5. The zero-order valence-corrected chi connectivity index (χ0v) is 11.3. The van der Waals surface area contributed by atoms with Gasteiger partial charge in [0.25, 0.3) is 15.9 Å². The van der Waals surface area contributed by atoms with Crippen molar-refractivity contribution in [1.29, 1.82) is 0 Å². The van der Waals surface area contributed by atoms with Gasteiger partial charge in [0.2, 0.25) is 0 Å². The van der Waals surface area contributed by atoms with Crippen molar-refractivity contribution < 1.29 is 13.2 Å². The number of carbonyl (C=O) groups excluding carboxylic acids is 1. The van der Waals surface area contributed by atoms with Crippen LogP contribution in [-0.2, 0) is 10.0 Å². The molecule has 0 aliphatic rings. The third-order valence-electron chi connectivity index (χ3n) is 2.31. The van der Waals surface area contributed by atoms with Crippen molar-refractivity contribution in [3.8, 4) is 0 Å². The van der Waals surface area contributed by atoms with Gasteiger partial charge in [-0.05, 0) is 19.2 Å². The van der Waals surface area contributed by atoms with Crippen LogP contribution in [0.3, 0.4) is 0 Å². The van der Waals surface area contributed by atoms with Gasteiger partial charge in [-0.15, -0.1) is 0 Å². The summed E-state index contributed by atoms with van der Waals surface area (Å²) >= 11 is 0. The summed E-state index contributed by atoms with van der Waals surface area (Å²) in [4.78, 5) is 15.4. The Morgan fingerprint density at radius 2 is 2.11 bits per heavy atom. The van der Waals surface area contributed by atoms with Crippen LogP contribution in [0.15, 0.2) is 23.4 Å². The topological polar surface area (TPSA) is 91.4 Å². The van der Waals surface area contributed by atoms with Crippen LogP contribution in [-0.4, -0.2) is 45.0 Å². The minimum Gasteiger partial charge on any atom is -0.285 e. The maximum Gasteiger partial charge on any atom is 0.267 e. The Bertz CT molecular complexity index is 512. The molecule has 18 heavy (non-hydrogen) atoms. The van der Waals surface area contributed by atoms with Gasteiger partial charge in [-0.1, -0.05) is 6.92 Å². The minimum atomic E-state index is -3.57. The Balaban J connectivity index is 2.87. The standard InChI is InChI=1S/C10H16N4O3S/c1-4-14(3)13-10(15)8-5-6-9(12-7-8)18(16,17)11-2/h5-7,11H,4H2,1-3H3,(H,13,15). The highest BCUT2D eigenvalue weighted by Gasteiger charge is 2.14. The minimum absolute atomic E-state index is 0.120. The van der Waals surface area contributed by atoms with Crippen molar-refractivity contribution >= 4 is 15.9 Å². The predicted octanol–water partition coefficient (Wildman–Crippen LogP) is -0.414. The van der Waals surface area contributed by atoms with E-state index in [1.807, 2.05) is 6.92 Å². The van der Waals surface area contributed by atoms with Gasteiger partial charge in [0.15, 0.2) is 5.03 Å². The van der Waals surface area contributed by atoms with Gasteiger partial charge in [0.1, 0.15) is 0 Å².